The molecule has 0 heterocycles. The summed E-state index contributed by atoms with van der Waals surface area (Å²) in [7, 11) is 0. The molecule has 128 valence electrons. The molecular weight excluding hydrogens is 368 g/mol. The minimum absolute atomic E-state index is 1.08. The Balaban J connectivity index is 1.84. The summed E-state index contributed by atoms with van der Waals surface area (Å²) < 4.78 is 1.32. The van der Waals surface area contributed by atoms with Crippen LogP contribution in [-0.4, -0.2) is 0 Å². The molecule has 6 rings (SSSR count). The Labute approximate surface area is 159 Å². The lowest BCUT2D eigenvalue weighted by Crippen LogP contribution is -2.11. The van der Waals surface area contributed by atoms with Crippen LogP contribution in [0.4, 0.5) is 0 Å². The van der Waals surface area contributed by atoms with Crippen LogP contribution in [0.3, 0.4) is 0 Å². The predicted octanol–water partition coefficient (Wildman–Crippen LogP) is 6.13. The van der Waals surface area contributed by atoms with E-state index in [4.69, 9.17) is 0 Å². The van der Waals surface area contributed by atoms with E-state index in [1.807, 2.05) is 0 Å². The van der Waals surface area contributed by atoms with E-state index in [1.54, 1.807) is 38.9 Å². The molecule has 1 heteroatoms. The third-order valence-corrected chi connectivity index (χ3v) is 7.02. The Hall–Kier alpha value is -1.34. The van der Waals surface area contributed by atoms with E-state index in [9.17, 15) is 0 Å². The van der Waals surface area contributed by atoms with Gasteiger partial charge in [-0.3, -0.25) is 0 Å². The summed E-state index contributed by atoms with van der Waals surface area (Å²) >= 11 is 3.96. The molecule has 0 fully saturated rings. The van der Waals surface area contributed by atoms with Crippen LogP contribution < -0.4 is 0 Å². The van der Waals surface area contributed by atoms with E-state index in [0.717, 1.165) is 6.42 Å². The highest BCUT2D eigenvalue weighted by atomic mass is 79.9. The highest BCUT2D eigenvalue weighted by Crippen LogP contribution is 2.36. The van der Waals surface area contributed by atoms with Gasteiger partial charge in [-0.25, -0.2) is 0 Å². The van der Waals surface area contributed by atoms with E-state index < -0.39 is 0 Å². The number of halogens is 1. The van der Waals surface area contributed by atoms with Crippen molar-refractivity contribution >= 4 is 20.4 Å². The minimum Gasteiger partial charge on any atom is -0.0652 e. The topological polar surface area (TPSA) is 0 Å². The molecular formula is C24H25Br. The molecule has 2 aromatic carbocycles. The van der Waals surface area contributed by atoms with Gasteiger partial charge in [-0.1, -0.05) is 46.3 Å². The van der Waals surface area contributed by atoms with Crippen molar-refractivity contribution in [2.24, 2.45) is 0 Å². The standard InChI is InChI=1S/C24H25Br/c25-23-11-10-22-18-6-2-8-20-14-17-5-1-4-16(12-18)13-19(22)7-3-9-21(15-17)24(20)23/h11-15H,1-10H2/b23-11+. The van der Waals surface area contributed by atoms with Gasteiger partial charge in [0.25, 0.3) is 0 Å². The van der Waals surface area contributed by atoms with Gasteiger partial charge < -0.3 is 0 Å². The molecule has 0 aromatic heterocycles. The molecule has 0 amide bonds. The maximum Gasteiger partial charge on any atom is 0.0216 e. The Bertz CT molecular complexity index is 820. The van der Waals surface area contributed by atoms with Crippen molar-refractivity contribution in [3.8, 4) is 0 Å². The van der Waals surface area contributed by atoms with Crippen molar-refractivity contribution in [3.63, 3.8) is 0 Å². The third kappa shape index (κ3) is 2.91. The molecule has 4 aliphatic carbocycles. The fraction of sp³-hybridized carbons (Fsp3) is 0.417. The van der Waals surface area contributed by atoms with E-state index in [0.29, 0.717) is 0 Å². The fourth-order valence-corrected chi connectivity index (χ4v) is 5.81. The van der Waals surface area contributed by atoms with Crippen LogP contribution in [0.15, 0.2) is 30.3 Å². The predicted molar refractivity (Wildman–Crippen MR) is 110 cm³/mol. The van der Waals surface area contributed by atoms with Crippen LogP contribution in [0.2, 0.25) is 0 Å². The molecule has 0 aliphatic heterocycles. The van der Waals surface area contributed by atoms with E-state index in [-0.39, 0.29) is 0 Å². The normalized spacial score (nSPS) is 20.9. The van der Waals surface area contributed by atoms with Crippen LogP contribution in [0, 0.1) is 0 Å². The second-order valence-electron chi connectivity index (χ2n) is 8.00. The minimum atomic E-state index is 1.08. The summed E-state index contributed by atoms with van der Waals surface area (Å²) in [6.07, 6.45) is 14.7. The zero-order chi connectivity index (χ0) is 16.8. The summed E-state index contributed by atoms with van der Waals surface area (Å²) in [5.74, 6) is 0. The maximum atomic E-state index is 3.96. The molecule has 4 aliphatic rings. The van der Waals surface area contributed by atoms with Crippen molar-refractivity contribution in [2.75, 3.05) is 0 Å². The lowest BCUT2D eigenvalue weighted by atomic mass is 9.82. The van der Waals surface area contributed by atoms with Crippen LogP contribution in [0.25, 0.3) is 4.48 Å². The van der Waals surface area contributed by atoms with Gasteiger partial charge in [0.1, 0.15) is 0 Å². The lowest BCUT2D eigenvalue weighted by molar-refractivity contribution is 0.748. The number of allylic oxidation sites excluding steroid dienone is 1. The third-order valence-electron chi connectivity index (χ3n) is 6.30. The van der Waals surface area contributed by atoms with Crippen LogP contribution in [-0.2, 0) is 44.9 Å². The first-order chi connectivity index (χ1) is 12.3. The molecule has 0 unspecified atom stereocenters. The Morgan fingerprint density at radius 1 is 0.600 bits per heavy atom. The van der Waals surface area contributed by atoms with Crippen molar-refractivity contribution in [3.05, 3.63) is 74.8 Å². The Morgan fingerprint density at radius 2 is 1.08 bits per heavy atom. The average molecular weight is 393 g/mol. The van der Waals surface area contributed by atoms with E-state index in [2.05, 4.69) is 46.3 Å². The van der Waals surface area contributed by atoms with Crippen molar-refractivity contribution in [2.45, 2.75) is 64.2 Å². The SMILES string of the molecule is Br/C1=C/Cc2c3cc4cc2CCCc2cc(cc(c21)CCC3)CCC4. The molecule has 0 spiro atoms. The molecule has 2 aromatic rings. The van der Waals surface area contributed by atoms with E-state index >= 15 is 0 Å². The van der Waals surface area contributed by atoms with E-state index in [1.165, 1.54) is 67.8 Å². The van der Waals surface area contributed by atoms with Crippen molar-refractivity contribution < 1.29 is 0 Å². The molecule has 0 nitrogen and oxygen atoms in total. The Morgan fingerprint density at radius 3 is 1.68 bits per heavy atom. The maximum absolute atomic E-state index is 3.96. The smallest absolute Gasteiger partial charge is 0.0216 e. The molecule has 0 saturated carbocycles. The number of hydrogen-bond acceptors (Lipinski definition) is 0. The first-order valence-electron chi connectivity index (χ1n) is 9.92. The van der Waals surface area contributed by atoms with Gasteiger partial charge in [0, 0.05) is 4.48 Å². The zero-order valence-electron chi connectivity index (χ0n) is 14.8. The summed E-state index contributed by atoms with van der Waals surface area (Å²) in [5.41, 5.74) is 12.7. The second kappa shape index (κ2) is 6.43. The van der Waals surface area contributed by atoms with Crippen LogP contribution >= 0.6 is 15.9 Å². The number of benzene rings is 2. The zero-order valence-corrected chi connectivity index (χ0v) is 16.4. The quantitative estimate of drug-likeness (QED) is 0.505. The van der Waals surface area contributed by atoms with Gasteiger partial charge in [-0.2, -0.15) is 0 Å². The number of fused-ring (bicyclic) bond motifs is 7. The van der Waals surface area contributed by atoms with Crippen molar-refractivity contribution in [1.82, 2.24) is 0 Å². The van der Waals surface area contributed by atoms with Gasteiger partial charge in [0.05, 0.1) is 0 Å². The number of hydrogen-bond donors (Lipinski definition) is 0. The molecule has 8 bridgehead atoms. The number of rotatable bonds is 0. The number of aryl methyl sites for hydroxylation is 6. The molecule has 0 saturated heterocycles. The summed E-state index contributed by atoms with van der Waals surface area (Å²) in [5, 5.41) is 0. The van der Waals surface area contributed by atoms with Gasteiger partial charge in [0.15, 0.2) is 0 Å². The van der Waals surface area contributed by atoms with Gasteiger partial charge >= 0.3 is 0 Å². The Kier molecular flexibility index (Phi) is 4.08. The lowest BCUT2D eigenvalue weighted by Gasteiger charge is -2.24. The highest BCUT2D eigenvalue weighted by Gasteiger charge is 2.20. The summed E-state index contributed by atoms with van der Waals surface area (Å²) in [6.45, 7) is 0. The first-order valence-corrected chi connectivity index (χ1v) is 10.7. The van der Waals surface area contributed by atoms with Crippen LogP contribution in [0.5, 0.6) is 0 Å². The summed E-state index contributed by atoms with van der Waals surface area (Å²) in [4.78, 5) is 0. The van der Waals surface area contributed by atoms with Gasteiger partial charge in [-0.15, -0.1) is 0 Å². The van der Waals surface area contributed by atoms with Gasteiger partial charge in [0.2, 0.25) is 0 Å². The molecule has 0 atom stereocenters. The highest BCUT2D eigenvalue weighted by molar-refractivity contribution is 9.15. The molecule has 0 N–H and O–H groups in total. The van der Waals surface area contributed by atoms with Gasteiger partial charge in [-0.05, 0) is 109 Å². The monoisotopic (exact) mass is 392 g/mol. The summed E-state index contributed by atoms with van der Waals surface area (Å²) in [6, 6.07) is 10.1. The molecule has 25 heavy (non-hydrogen) atoms. The van der Waals surface area contributed by atoms with Crippen LogP contribution in [0.1, 0.15) is 63.8 Å². The molecule has 0 radical (unpaired) electrons. The average Bonchev–Trinajstić information content (AvgIpc) is 2.59. The first kappa shape index (κ1) is 15.9. The largest absolute Gasteiger partial charge is 0.0652 e. The van der Waals surface area contributed by atoms with Crippen molar-refractivity contribution in [1.29, 1.82) is 0 Å². The second-order valence-corrected chi connectivity index (χ2v) is 8.85. The fourth-order valence-electron chi connectivity index (χ4n) is 5.14.